The SMILES string of the molecule is CC(C)(C)O[C@@H]1C[C@@H](C(=O)O)N(c2cc(-c3cn[nH]c3)c3ccc(Cl)c(Cl)c3n2)C1. The van der Waals surface area contributed by atoms with Crippen molar-refractivity contribution in [2.45, 2.75) is 44.9 Å². The first-order chi connectivity index (χ1) is 14.1. The summed E-state index contributed by atoms with van der Waals surface area (Å²) in [5, 5.41) is 18.2. The molecule has 1 fully saturated rings. The molecule has 1 saturated heterocycles. The van der Waals surface area contributed by atoms with Gasteiger partial charge < -0.3 is 14.7 Å². The van der Waals surface area contributed by atoms with Crippen LogP contribution in [0.4, 0.5) is 5.82 Å². The zero-order chi connectivity index (χ0) is 21.6. The molecule has 7 nitrogen and oxygen atoms in total. The Kier molecular flexibility index (Phi) is 5.38. The van der Waals surface area contributed by atoms with Gasteiger partial charge >= 0.3 is 5.97 Å². The molecule has 9 heteroatoms. The zero-order valence-corrected chi connectivity index (χ0v) is 18.3. The Morgan fingerprint density at radius 3 is 2.73 bits per heavy atom. The number of nitrogens with zero attached hydrogens (tertiary/aromatic N) is 3. The molecule has 3 aromatic rings. The Balaban J connectivity index is 1.85. The van der Waals surface area contributed by atoms with Crippen LogP contribution in [-0.4, -0.2) is 50.5 Å². The van der Waals surface area contributed by atoms with Crippen LogP contribution in [-0.2, 0) is 9.53 Å². The lowest BCUT2D eigenvalue weighted by Crippen LogP contribution is -2.36. The van der Waals surface area contributed by atoms with Crippen molar-refractivity contribution in [3.05, 3.63) is 40.6 Å². The summed E-state index contributed by atoms with van der Waals surface area (Å²) in [6.07, 6.45) is 3.61. The van der Waals surface area contributed by atoms with Crippen LogP contribution in [0.15, 0.2) is 30.6 Å². The van der Waals surface area contributed by atoms with Gasteiger partial charge in [-0.3, -0.25) is 5.10 Å². The Bertz CT molecular complexity index is 1100. The number of carboxylic acid groups (broad SMARTS) is 1. The van der Waals surface area contributed by atoms with Crippen LogP contribution < -0.4 is 4.90 Å². The van der Waals surface area contributed by atoms with Gasteiger partial charge in [-0.2, -0.15) is 5.10 Å². The Labute approximate surface area is 184 Å². The lowest BCUT2D eigenvalue weighted by Gasteiger charge is -2.26. The van der Waals surface area contributed by atoms with E-state index in [0.717, 1.165) is 16.5 Å². The van der Waals surface area contributed by atoms with Gasteiger partial charge in [0.25, 0.3) is 0 Å². The third kappa shape index (κ3) is 3.97. The van der Waals surface area contributed by atoms with Crippen LogP contribution in [0.2, 0.25) is 10.0 Å². The Hall–Kier alpha value is -2.35. The van der Waals surface area contributed by atoms with E-state index >= 15 is 0 Å². The van der Waals surface area contributed by atoms with Crippen molar-refractivity contribution in [3.8, 4) is 11.1 Å². The fourth-order valence-electron chi connectivity index (χ4n) is 3.87. The molecular formula is C21H22Cl2N4O3. The number of ether oxygens (including phenoxy) is 1. The number of carboxylic acids is 1. The highest BCUT2D eigenvalue weighted by molar-refractivity contribution is 6.45. The van der Waals surface area contributed by atoms with Gasteiger partial charge in [0.1, 0.15) is 11.9 Å². The minimum absolute atomic E-state index is 0.226. The van der Waals surface area contributed by atoms with E-state index < -0.39 is 12.0 Å². The number of hydrogen-bond donors (Lipinski definition) is 2. The first kappa shape index (κ1) is 20.9. The maximum Gasteiger partial charge on any atom is 0.326 e. The average molecular weight is 449 g/mol. The summed E-state index contributed by atoms with van der Waals surface area (Å²) in [4.78, 5) is 18.5. The number of fused-ring (bicyclic) bond motifs is 1. The quantitative estimate of drug-likeness (QED) is 0.596. The van der Waals surface area contributed by atoms with Crippen molar-refractivity contribution in [2.75, 3.05) is 11.4 Å². The molecule has 1 aliphatic heterocycles. The number of nitrogens with one attached hydrogen (secondary N) is 1. The molecule has 2 atom stereocenters. The van der Waals surface area contributed by atoms with Gasteiger partial charge in [-0.1, -0.05) is 29.3 Å². The number of hydrogen-bond acceptors (Lipinski definition) is 5. The number of aromatic nitrogens is 3. The molecule has 0 bridgehead atoms. The number of aromatic amines is 1. The molecule has 2 N–H and O–H groups in total. The summed E-state index contributed by atoms with van der Waals surface area (Å²) in [5.41, 5.74) is 1.82. The minimum atomic E-state index is -0.918. The van der Waals surface area contributed by atoms with Gasteiger partial charge in [-0.25, -0.2) is 9.78 Å². The molecule has 0 aliphatic carbocycles. The first-order valence-corrected chi connectivity index (χ1v) is 10.3. The van der Waals surface area contributed by atoms with Crippen molar-refractivity contribution < 1.29 is 14.6 Å². The van der Waals surface area contributed by atoms with Crippen LogP contribution in [0.3, 0.4) is 0 Å². The van der Waals surface area contributed by atoms with Crippen LogP contribution in [0.25, 0.3) is 22.0 Å². The highest BCUT2D eigenvalue weighted by Gasteiger charge is 2.40. The predicted octanol–water partition coefficient (Wildman–Crippen LogP) is 4.78. The second-order valence-electron chi connectivity index (χ2n) is 8.37. The Morgan fingerprint density at radius 2 is 2.10 bits per heavy atom. The Morgan fingerprint density at radius 1 is 1.33 bits per heavy atom. The molecule has 158 valence electrons. The largest absolute Gasteiger partial charge is 0.480 e. The number of H-pyrrole nitrogens is 1. The number of anilines is 1. The van der Waals surface area contributed by atoms with E-state index in [1.165, 1.54) is 0 Å². The van der Waals surface area contributed by atoms with E-state index in [9.17, 15) is 9.90 Å². The number of halogens is 2. The summed E-state index contributed by atoms with van der Waals surface area (Å²) >= 11 is 12.7. The molecule has 2 aromatic heterocycles. The fraction of sp³-hybridized carbons (Fsp3) is 0.381. The van der Waals surface area contributed by atoms with E-state index in [1.54, 1.807) is 23.4 Å². The smallest absolute Gasteiger partial charge is 0.326 e. The fourth-order valence-corrected chi connectivity index (χ4v) is 4.23. The van der Waals surface area contributed by atoms with E-state index in [-0.39, 0.29) is 11.7 Å². The molecule has 0 amide bonds. The highest BCUT2D eigenvalue weighted by atomic mass is 35.5. The molecule has 4 rings (SSSR count). The van der Waals surface area contributed by atoms with E-state index in [0.29, 0.717) is 34.3 Å². The maximum absolute atomic E-state index is 12.0. The minimum Gasteiger partial charge on any atom is -0.480 e. The van der Waals surface area contributed by atoms with Gasteiger partial charge in [0, 0.05) is 30.1 Å². The standard InChI is InChI=1S/C21H22Cl2N4O3/c1-21(2,3)30-12-6-16(20(28)29)27(10-12)17-7-14(11-8-24-25-9-11)13-4-5-15(22)18(23)19(13)26-17/h4-5,7-9,12,16H,6,10H2,1-3H3,(H,24,25)(H,28,29)/t12-,16+/m1/s1. The van der Waals surface area contributed by atoms with Crippen molar-refractivity contribution in [1.82, 2.24) is 15.2 Å². The van der Waals surface area contributed by atoms with Crippen molar-refractivity contribution >= 4 is 45.9 Å². The van der Waals surface area contributed by atoms with Gasteiger partial charge in [0.05, 0.1) is 33.5 Å². The van der Waals surface area contributed by atoms with Crippen LogP contribution in [0.5, 0.6) is 0 Å². The normalized spacial score (nSPS) is 19.6. The molecule has 0 saturated carbocycles. The lowest BCUT2D eigenvalue weighted by molar-refractivity contribution is -0.139. The first-order valence-electron chi connectivity index (χ1n) is 9.59. The van der Waals surface area contributed by atoms with E-state index in [2.05, 4.69) is 10.2 Å². The summed E-state index contributed by atoms with van der Waals surface area (Å²) in [6.45, 7) is 6.28. The topological polar surface area (TPSA) is 91.3 Å². The van der Waals surface area contributed by atoms with Gasteiger partial charge in [-0.15, -0.1) is 0 Å². The number of aliphatic carboxylic acids is 1. The third-order valence-corrected chi connectivity index (χ3v) is 5.82. The monoisotopic (exact) mass is 448 g/mol. The summed E-state index contributed by atoms with van der Waals surface area (Å²) < 4.78 is 6.07. The lowest BCUT2D eigenvalue weighted by atomic mass is 10.0. The van der Waals surface area contributed by atoms with Crippen LogP contribution in [0, 0.1) is 0 Å². The van der Waals surface area contributed by atoms with Gasteiger partial charge in [0.2, 0.25) is 0 Å². The average Bonchev–Trinajstić information content (AvgIpc) is 3.33. The second-order valence-corrected chi connectivity index (χ2v) is 9.15. The zero-order valence-electron chi connectivity index (χ0n) is 16.8. The maximum atomic E-state index is 12.0. The summed E-state index contributed by atoms with van der Waals surface area (Å²) in [5.74, 6) is -0.408. The molecular weight excluding hydrogens is 427 g/mol. The van der Waals surface area contributed by atoms with E-state index in [1.807, 2.05) is 32.9 Å². The van der Waals surface area contributed by atoms with Gasteiger partial charge in [-0.05, 0) is 38.5 Å². The summed E-state index contributed by atoms with van der Waals surface area (Å²) in [7, 11) is 0. The second kappa shape index (κ2) is 7.72. The predicted molar refractivity (Wildman–Crippen MR) is 117 cm³/mol. The molecule has 1 aliphatic rings. The molecule has 0 radical (unpaired) electrons. The molecule has 3 heterocycles. The number of rotatable bonds is 4. The van der Waals surface area contributed by atoms with Crippen molar-refractivity contribution in [2.24, 2.45) is 0 Å². The molecule has 0 unspecified atom stereocenters. The number of benzene rings is 1. The number of pyridine rings is 1. The third-order valence-electron chi connectivity index (χ3n) is 5.03. The molecule has 0 spiro atoms. The summed E-state index contributed by atoms with van der Waals surface area (Å²) in [6, 6.07) is 4.69. The van der Waals surface area contributed by atoms with Crippen molar-refractivity contribution in [1.29, 1.82) is 0 Å². The van der Waals surface area contributed by atoms with Crippen LogP contribution in [0.1, 0.15) is 27.2 Å². The van der Waals surface area contributed by atoms with Crippen molar-refractivity contribution in [3.63, 3.8) is 0 Å². The van der Waals surface area contributed by atoms with E-state index in [4.69, 9.17) is 32.9 Å². The molecule has 30 heavy (non-hydrogen) atoms. The van der Waals surface area contributed by atoms with Gasteiger partial charge in [0.15, 0.2) is 0 Å². The molecule has 1 aromatic carbocycles. The highest BCUT2D eigenvalue weighted by Crippen LogP contribution is 2.39. The van der Waals surface area contributed by atoms with Crippen LogP contribution >= 0.6 is 23.2 Å². The number of carbonyl (C=O) groups is 1.